The van der Waals surface area contributed by atoms with E-state index in [9.17, 15) is 15.2 Å². The van der Waals surface area contributed by atoms with Crippen LogP contribution in [0.5, 0.6) is 0 Å². The number of aliphatic hydroxyl groups is 1. The molecule has 4 heteroatoms. The molecule has 0 saturated heterocycles. The maximum Gasteiger partial charge on any atom is 0.269 e. The van der Waals surface area contributed by atoms with Gasteiger partial charge in [0.25, 0.3) is 5.69 Å². The van der Waals surface area contributed by atoms with Crippen molar-refractivity contribution in [3.63, 3.8) is 0 Å². The standard InChI is InChI=1S/C16H21NO3/c1-12(16(2,3)4)6-5-7-15(18)13-8-10-14(11-9-13)17(19)20/h5-6,8-11,15,18H,1,7H2,2-4H3/b6-5+. The van der Waals surface area contributed by atoms with Gasteiger partial charge in [-0.2, -0.15) is 0 Å². The summed E-state index contributed by atoms with van der Waals surface area (Å²) in [4.78, 5) is 10.1. The van der Waals surface area contributed by atoms with Crippen LogP contribution in [0.4, 0.5) is 5.69 Å². The summed E-state index contributed by atoms with van der Waals surface area (Å²) in [5.41, 5.74) is 1.70. The van der Waals surface area contributed by atoms with Crippen LogP contribution in [-0.2, 0) is 0 Å². The van der Waals surface area contributed by atoms with Gasteiger partial charge in [-0.25, -0.2) is 0 Å². The molecule has 1 N–H and O–H groups in total. The zero-order valence-electron chi connectivity index (χ0n) is 12.2. The number of nitro groups is 1. The maximum absolute atomic E-state index is 10.5. The Morgan fingerprint density at radius 2 is 1.95 bits per heavy atom. The van der Waals surface area contributed by atoms with Gasteiger partial charge in [0.15, 0.2) is 0 Å². The molecular weight excluding hydrogens is 254 g/mol. The SMILES string of the molecule is C=C(/C=C/CC(O)c1ccc([N+](=O)[O-])cc1)C(C)(C)C. The quantitative estimate of drug-likeness (QED) is 0.498. The zero-order chi connectivity index (χ0) is 15.3. The first-order valence-electron chi connectivity index (χ1n) is 6.50. The predicted octanol–water partition coefficient (Wildman–Crippen LogP) is 4.18. The summed E-state index contributed by atoms with van der Waals surface area (Å²) >= 11 is 0. The molecule has 0 heterocycles. The molecule has 20 heavy (non-hydrogen) atoms. The molecule has 0 aliphatic rings. The van der Waals surface area contributed by atoms with Gasteiger partial charge in [-0.1, -0.05) is 45.1 Å². The van der Waals surface area contributed by atoms with Crippen LogP contribution in [0.1, 0.15) is 38.9 Å². The highest BCUT2D eigenvalue weighted by Gasteiger charge is 2.12. The maximum atomic E-state index is 10.5. The molecule has 1 aromatic rings. The number of rotatable bonds is 5. The fourth-order valence-electron chi connectivity index (χ4n) is 1.54. The van der Waals surface area contributed by atoms with Crippen molar-refractivity contribution >= 4 is 5.69 Å². The Kier molecular flexibility index (Phi) is 5.22. The topological polar surface area (TPSA) is 63.4 Å². The normalized spacial score (nSPS) is 13.4. The fourth-order valence-corrected chi connectivity index (χ4v) is 1.54. The Morgan fingerprint density at radius 3 is 2.40 bits per heavy atom. The van der Waals surface area contributed by atoms with Gasteiger partial charge < -0.3 is 5.11 Å². The molecule has 0 saturated carbocycles. The van der Waals surface area contributed by atoms with Gasteiger partial charge in [0.2, 0.25) is 0 Å². The summed E-state index contributed by atoms with van der Waals surface area (Å²) in [6.45, 7) is 10.2. The van der Waals surface area contributed by atoms with E-state index in [1.165, 1.54) is 12.1 Å². The van der Waals surface area contributed by atoms with E-state index >= 15 is 0 Å². The molecule has 0 spiro atoms. The van der Waals surface area contributed by atoms with Gasteiger partial charge in [0.1, 0.15) is 0 Å². The van der Waals surface area contributed by atoms with Crippen molar-refractivity contribution in [2.24, 2.45) is 5.41 Å². The fraction of sp³-hybridized carbons (Fsp3) is 0.375. The summed E-state index contributed by atoms with van der Waals surface area (Å²) in [5, 5.41) is 20.6. The van der Waals surface area contributed by atoms with Crippen molar-refractivity contribution in [1.29, 1.82) is 0 Å². The van der Waals surface area contributed by atoms with Crippen LogP contribution in [-0.4, -0.2) is 10.0 Å². The van der Waals surface area contributed by atoms with Gasteiger partial charge in [-0.15, -0.1) is 0 Å². The molecule has 0 aromatic heterocycles. The van der Waals surface area contributed by atoms with E-state index in [1.54, 1.807) is 12.1 Å². The van der Waals surface area contributed by atoms with Crippen molar-refractivity contribution in [2.75, 3.05) is 0 Å². The van der Waals surface area contributed by atoms with Crippen LogP contribution >= 0.6 is 0 Å². The molecule has 1 atom stereocenters. The number of allylic oxidation sites excluding steroid dienone is 2. The lowest BCUT2D eigenvalue weighted by atomic mass is 9.87. The van der Waals surface area contributed by atoms with E-state index in [-0.39, 0.29) is 11.1 Å². The summed E-state index contributed by atoms with van der Waals surface area (Å²) in [5.74, 6) is 0. The second-order valence-electron chi connectivity index (χ2n) is 5.78. The third-order valence-electron chi connectivity index (χ3n) is 3.13. The smallest absolute Gasteiger partial charge is 0.269 e. The highest BCUT2D eigenvalue weighted by molar-refractivity contribution is 5.34. The van der Waals surface area contributed by atoms with E-state index < -0.39 is 11.0 Å². The third kappa shape index (κ3) is 4.63. The molecular formula is C16H21NO3. The van der Waals surface area contributed by atoms with Gasteiger partial charge in [0.05, 0.1) is 11.0 Å². The number of hydrogen-bond donors (Lipinski definition) is 1. The van der Waals surface area contributed by atoms with E-state index in [2.05, 4.69) is 27.4 Å². The molecule has 0 fully saturated rings. The Bertz CT molecular complexity index is 510. The van der Waals surface area contributed by atoms with Gasteiger partial charge in [-0.3, -0.25) is 10.1 Å². The van der Waals surface area contributed by atoms with Gasteiger partial charge in [-0.05, 0) is 29.5 Å². The number of non-ortho nitro benzene ring substituents is 1. The number of aliphatic hydroxyl groups excluding tert-OH is 1. The lowest BCUT2D eigenvalue weighted by Gasteiger charge is -2.18. The summed E-state index contributed by atoms with van der Waals surface area (Å²) in [6, 6.07) is 5.96. The third-order valence-corrected chi connectivity index (χ3v) is 3.13. The molecule has 4 nitrogen and oxygen atoms in total. The molecule has 0 amide bonds. The average molecular weight is 275 g/mol. The Labute approximate surface area is 119 Å². The van der Waals surface area contributed by atoms with Crippen LogP contribution in [0.25, 0.3) is 0 Å². The number of nitrogens with zero attached hydrogens (tertiary/aromatic N) is 1. The number of hydrogen-bond acceptors (Lipinski definition) is 3. The van der Waals surface area contributed by atoms with E-state index in [1.807, 2.05) is 12.2 Å². The van der Waals surface area contributed by atoms with Crippen LogP contribution < -0.4 is 0 Å². The van der Waals surface area contributed by atoms with Crippen LogP contribution in [0, 0.1) is 15.5 Å². The minimum Gasteiger partial charge on any atom is -0.388 e. The van der Waals surface area contributed by atoms with Crippen molar-refractivity contribution in [3.8, 4) is 0 Å². The lowest BCUT2D eigenvalue weighted by Crippen LogP contribution is -2.06. The molecule has 1 rings (SSSR count). The van der Waals surface area contributed by atoms with Crippen LogP contribution in [0.2, 0.25) is 0 Å². The number of benzene rings is 1. The van der Waals surface area contributed by atoms with Gasteiger partial charge >= 0.3 is 0 Å². The highest BCUT2D eigenvalue weighted by Crippen LogP contribution is 2.25. The van der Waals surface area contributed by atoms with Crippen molar-refractivity contribution in [1.82, 2.24) is 0 Å². The van der Waals surface area contributed by atoms with E-state index in [4.69, 9.17) is 0 Å². The van der Waals surface area contributed by atoms with Crippen molar-refractivity contribution in [3.05, 3.63) is 64.2 Å². The molecule has 0 aliphatic heterocycles. The Balaban J connectivity index is 2.63. The van der Waals surface area contributed by atoms with E-state index in [0.717, 1.165) is 5.57 Å². The lowest BCUT2D eigenvalue weighted by molar-refractivity contribution is -0.384. The summed E-state index contributed by atoms with van der Waals surface area (Å²) < 4.78 is 0. The highest BCUT2D eigenvalue weighted by atomic mass is 16.6. The second-order valence-corrected chi connectivity index (χ2v) is 5.78. The summed E-state index contributed by atoms with van der Waals surface area (Å²) in [6.07, 6.45) is 3.57. The molecule has 1 unspecified atom stereocenters. The average Bonchev–Trinajstić information content (AvgIpc) is 2.37. The minimum absolute atomic E-state index is 0.00874. The summed E-state index contributed by atoms with van der Waals surface area (Å²) in [7, 11) is 0. The predicted molar refractivity (Wildman–Crippen MR) is 80.4 cm³/mol. The largest absolute Gasteiger partial charge is 0.388 e. The molecule has 108 valence electrons. The van der Waals surface area contributed by atoms with Crippen LogP contribution in [0.15, 0.2) is 48.6 Å². The second kappa shape index (κ2) is 6.48. The zero-order valence-corrected chi connectivity index (χ0v) is 12.2. The Hall–Kier alpha value is -1.94. The molecule has 0 bridgehead atoms. The minimum atomic E-state index is -0.667. The molecule has 0 aliphatic carbocycles. The van der Waals surface area contributed by atoms with Crippen molar-refractivity contribution < 1.29 is 10.0 Å². The number of nitro benzene ring substituents is 1. The molecule has 1 aromatic carbocycles. The first kappa shape index (κ1) is 16.1. The monoisotopic (exact) mass is 275 g/mol. The Morgan fingerprint density at radius 1 is 1.40 bits per heavy atom. The molecule has 0 radical (unpaired) electrons. The van der Waals surface area contributed by atoms with Crippen LogP contribution in [0.3, 0.4) is 0 Å². The first-order valence-corrected chi connectivity index (χ1v) is 6.50. The van der Waals surface area contributed by atoms with E-state index in [0.29, 0.717) is 12.0 Å². The first-order chi connectivity index (χ1) is 9.21. The van der Waals surface area contributed by atoms with Crippen molar-refractivity contribution in [2.45, 2.75) is 33.3 Å². The van der Waals surface area contributed by atoms with Gasteiger partial charge in [0, 0.05) is 12.1 Å².